The monoisotopic (exact) mass is 1040 g/mol. The van der Waals surface area contributed by atoms with Crippen LogP contribution in [0.25, 0.3) is 33.4 Å². The van der Waals surface area contributed by atoms with Gasteiger partial charge >= 0.3 is 5.97 Å². The third-order valence-corrected chi connectivity index (χ3v) is 15.9. The lowest BCUT2D eigenvalue weighted by molar-refractivity contribution is -0.156. The molecule has 0 radical (unpaired) electrons. The minimum atomic E-state index is -2.32. The zero-order valence-corrected chi connectivity index (χ0v) is 44.5. The van der Waals surface area contributed by atoms with Crippen molar-refractivity contribution < 1.29 is 47.3 Å². The minimum Gasteiger partial charge on any atom is -0.489 e. The van der Waals surface area contributed by atoms with Crippen molar-refractivity contribution in [3.05, 3.63) is 46.0 Å². The molecule has 0 saturated carbocycles. The third-order valence-electron chi connectivity index (χ3n) is 15.0. The number of carbonyl (C=O) groups is 5. The van der Waals surface area contributed by atoms with Crippen molar-refractivity contribution in [2.24, 2.45) is 11.3 Å². The number of thiazole rings is 1. The van der Waals surface area contributed by atoms with Gasteiger partial charge in [-0.3, -0.25) is 34.0 Å². The van der Waals surface area contributed by atoms with Gasteiger partial charge in [-0.15, -0.1) is 11.3 Å². The molecule has 3 fully saturated rings. The average Bonchev–Trinajstić information content (AvgIpc) is 4.01. The normalized spacial score (nSPS) is 21.7. The summed E-state index contributed by atoms with van der Waals surface area (Å²) in [4.78, 5) is 84.9. The van der Waals surface area contributed by atoms with Crippen LogP contribution in [0.1, 0.15) is 89.6 Å². The van der Waals surface area contributed by atoms with E-state index in [1.807, 2.05) is 24.6 Å². The first kappa shape index (κ1) is 52.7. The molecule has 0 spiro atoms. The summed E-state index contributed by atoms with van der Waals surface area (Å²) in [7, 11) is 3.08. The average molecular weight is 1040 g/mol. The van der Waals surface area contributed by atoms with E-state index in [4.69, 9.17) is 28.9 Å². The summed E-state index contributed by atoms with van der Waals surface area (Å²) in [5, 5.41) is 7.74. The predicted molar refractivity (Wildman–Crippen MR) is 277 cm³/mol. The van der Waals surface area contributed by atoms with Gasteiger partial charge in [-0.1, -0.05) is 33.6 Å². The van der Waals surface area contributed by atoms with Crippen LogP contribution in [0.4, 0.5) is 10.1 Å². The van der Waals surface area contributed by atoms with E-state index in [-0.39, 0.29) is 51.6 Å². The number of methoxy groups -OCH3 is 1. The Balaban J connectivity index is 1.10. The molecular formula is C54H68FN9O9S. The van der Waals surface area contributed by atoms with Crippen LogP contribution in [-0.4, -0.2) is 156 Å². The number of hydrogen-bond acceptors (Lipinski definition) is 14. The lowest BCUT2D eigenvalue weighted by Gasteiger charge is -2.40. The number of fused-ring (bicyclic) bond motifs is 6. The number of halogens is 1. The molecule has 0 aliphatic carbocycles. The largest absolute Gasteiger partial charge is 0.489 e. The molecule has 5 aliphatic heterocycles. The molecule has 0 unspecified atom stereocenters. The van der Waals surface area contributed by atoms with E-state index in [9.17, 15) is 24.0 Å². The first-order valence-corrected chi connectivity index (χ1v) is 26.6. The molecule has 18 nitrogen and oxygen atoms in total. The Morgan fingerprint density at radius 1 is 1.03 bits per heavy atom. The summed E-state index contributed by atoms with van der Waals surface area (Å²) in [5.41, 5.74) is 7.32. The molecule has 396 valence electrons. The number of ether oxygens (including phenoxy) is 4. The maximum atomic E-state index is 16.6. The number of amides is 4. The number of likely N-dealkylation sites (tertiary alicyclic amines) is 1. The molecule has 4 aromatic rings. The first-order chi connectivity index (χ1) is 35.4. The molecule has 9 rings (SSSR count). The number of cyclic esters (lactones) is 1. The topological polar surface area (TPSA) is 190 Å². The fraction of sp³-hybridized carbons (Fsp3) is 0.574. The molecule has 8 heterocycles. The van der Waals surface area contributed by atoms with Gasteiger partial charge in [0.1, 0.15) is 30.5 Å². The Bertz CT molecular complexity index is 2880. The molecule has 6 bridgehead atoms. The molecular weight excluding hydrogens is 970 g/mol. The van der Waals surface area contributed by atoms with Crippen LogP contribution in [0.2, 0.25) is 0 Å². The van der Waals surface area contributed by atoms with Crippen LogP contribution >= 0.6 is 11.3 Å². The van der Waals surface area contributed by atoms with Gasteiger partial charge in [-0.05, 0) is 68.7 Å². The number of likely N-dealkylation sites (N-methyl/N-ethyl adjacent to an activating group) is 1. The lowest BCUT2D eigenvalue weighted by atomic mass is 9.84. The summed E-state index contributed by atoms with van der Waals surface area (Å²) >= 11 is 1.34. The summed E-state index contributed by atoms with van der Waals surface area (Å²) in [6.07, 6.45) is 2.46. The second-order valence-electron chi connectivity index (χ2n) is 21.2. The third kappa shape index (κ3) is 10.6. The van der Waals surface area contributed by atoms with E-state index in [1.54, 1.807) is 27.9 Å². The van der Waals surface area contributed by atoms with Gasteiger partial charge in [-0.25, -0.2) is 14.8 Å². The Morgan fingerprint density at radius 2 is 1.78 bits per heavy atom. The second-order valence-corrected chi connectivity index (χ2v) is 22.1. The van der Waals surface area contributed by atoms with Crippen LogP contribution in [0.5, 0.6) is 5.75 Å². The van der Waals surface area contributed by atoms with Crippen molar-refractivity contribution >= 4 is 57.5 Å². The maximum absolute atomic E-state index is 16.6. The highest BCUT2D eigenvalue weighted by molar-refractivity contribution is 7.10. The molecule has 3 saturated heterocycles. The van der Waals surface area contributed by atoms with Crippen LogP contribution in [0, 0.1) is 23.2 Å². The minimum absolute atomic E-state index is 0.00224. The molecule has 4 amide bonds. The number of carbonyl (C=O) groups excluding carboxylic acids is 5. The number of rotatable bonds is 9. The number of benzene rings is 1. The number of esters is 1. The summed E-state index contributed by atoms with van der Waals surface area (Å²) in [6.45, 7) is 15.2. The van der Waals surface area contributed by atoms with Crippen molar-refractivity contribution in [3.63, 3.8) is 0 Å². The molecule has 3 aromatic heterocycles. The van der Waals surface area contributed by atoms with Gasteiger partial charge in [0.25, 0.3) is 17.7 Å². The fourth-order valence-electron chi connectivity index (χ4n) is 11.0. The van der Waals surface area contributed by atoms with Crippen LogP contribution in [0.3, 0.4) is 0 Å². The van der Waals surface area contributed by atoms with Crippen molar-refractivity contribution in [1.82, 2.24) is 40.1 Å². The van der Waals surface area contributed by atoms with Crippen molar-refractivity contribution in [1.29, 1.82) is 0 Å². The molecule has 74 heavy (non-hydrogen) atoms. The number of aromatic nitrogens is 3. The predicted octanol–water partition coefficient (Wildman–Crippen LogP) is 5.25. The van der Waals surface area contributed by atoms with E-state index in [0.29, 0.717) is 62.1 Å². The number of alkyl halides is 1. The number of morpholine rings is 1. The zero-order valence-electron chi connectivity index (χ0n) is 43.7. The lowest BCUT2D eigenvalue weighted by Crippen LogP contribution is -2.63. The summed E-state index contributed by atoms with van der Waals surface area (Å²) in [5.74, 6) is 2.25. The quantitative estimate of drug-likeness (QED) is 0.164. The highest BCUT2D eigenvalue weighted by Gasteiger charge is 2.47. The van der Waals surface area contributed by atoms with Gasteiger partial charge in [0.2, 0.25) is 5.91 Å². The van der Waals surface area contributed by atoms with Crippen LogP contribution in [-0.2, 0) is 57.6 Å². The van der Waals surface area contributed by atoms with Gasteiger partial charge in [0.05, 0.1) is 72.0 Å². The molecule has 5 aliphatic rings. The molecule has 2 N–H and O–H groups in total. The smallest absolute Gasteiger partial charge is 0.324 e. The zero-order chi connectivity index (χ0) is 52.6. The SMILES string of the molecule is CC#CC(=O)N1CCC(F)(C(=O)N(C)[C@H](C(=O)N[C@H]2Cc3nc(cs3)-c3cc4c5c(c3)c(c(-c3cc(N6CCOCC6)cnc3[C@H](C)OC)n5CCO4)CC(C)(C)COC(=O)[C@@H]3CCCN(N3)C2=O)C(C)C)CC1. The van der Waals surface area contributed by atoms with E-state index >= 15 is 4.39 Å². The van der Waals surface area contributed by atoms with Gasteiger partial charge < -0.3 is 43.5 Å². The number of anilines is 1. The van der Waals surface area contributed by atoms with E-state index in [1.165, 1.54) is 28.3 Å². The standard InChI is InChI=1S/C54H68FN9O9S/c1-9-11-44(65)62-16-13-54(55,14-17-62)52(69)60(7)46(32(2)3)49(66)58-40-27-43-57-41(30-74-43)34-24-36-38(28-53(5,6)31-73-51(68)39-12-10-15-64(59-39)50(40)67)47(63-20-23-72-42(25-34)48(36)63)37-26-35(61-18-21-71-22-19-61)29-56-45(37)33(4)70-8/h24-26,29-30,32-33,39-40,46,59H,10,12-23,27-28,31H2,1-8H3,(H,58,66)/t33-,39-,40-,46-/m0/s1. The Kier molecular flexibility index (Phi) is 15.4. The van der Waals surface area contributed by atoms with Crippen molar-refractivity contribution in [2.75, 3.05) is 78.2 Å². The number of hydrazine groups is 1. The van der Waals surface area contributed by atoms with Gasteiger partial charge in [-0.2, -0.15) is 0 Å². The van der Waals surface area contributed by atoms with Crippen LogP contribution in [0.15, 0.2) is 29.8 Å². The number of nitrogens with one attached hydrogen (secondary N) is 2. The van der Waals surface area contributed by atoms with Crippen molar-refractivity contribution in [3.8, 4) is 40.1 Å². The van der Waals surface area contributed by atoms with Gasteiger partial charge in [0, 0.05) is 93.5 Å². The highest BCUT2D eigenvalue weighted by Crippen LogP contribution is 2.47. The number of piperidine rings is 1. The maximum Gasteiger partial charge on any atom is 0.324 e. The van der Waals surface area contributed by atoms with E-state index in [2.05, 4.69) is 58.0 Å². The van der Waals surface area contributed by atoms with Crippen LogP contribution < -0.4 is 20.4 Å². The summed E-state index contributed by atoms with van der Waals surface area (Å²) < 4.78 is 43.2. The Hall–Kier alpha value is -6.14. The molecule has 20 heteroatoms. The first-order valence-electron chi connectivity index (χ1n) is 25.7. The number of hydrogen-bond donors (Lipinski definition) is 2. The van der Waals surface area contributed by atoms with Crippen molar-refractivity contribution in [2.45, 2.75) is 117 Å². The fourth-order valence-corrected chi connectivity index (χ4v) is 11.9. The van der Waals surface area contributed by atoms with E-state index < -0.39 is 64.7 Å². The van der Waals surface area contributed by atoms with Gasteiger partial charge in [0.15, 0.2) is 5.67 Å². The molecule has 1 aromatic carbocycles. The highest BCUT2D eigenvalue weighted by atomic mass is 32.1. The Labute approximate surface area is 435 Å². The number of nitrogens with zero attached hydrogens (tertiary/aromatic N) is 7. The summed E-state index contributed by atoms with van der Waals surface area (Å²) in [6, 6.07) is 3.11. The second kappa shape index (κ2) is 21.6. The molecule has 4 atom stereocenters. The Morgan fingerprint density at radius 3 is 2.50 bits per heavy atom. The van der Waals surface area contributed by atoms with E-state index in [0.717, 1.165) is 62.7 Å². The number of pyridine rings is 1.